The molecule has 0 bridgehead atoms. The van der Waals surface area contributed by atoms with Gasteiger partial charge in [0.15, 0.2) is 0 Å². The molecule has 0 spiro atoms. The number of carboxylic acids is 1. The minimum atomic E-state index is -3.20. The van der Waals surface area contributed by atoms with E-state index in [2.05, 4.69) is 4.72 Å². The number of rotatable bonds is 4. The molecular weight excluding hydrogens is 242 g/mol. The fraction of sp³-hybridized carbons (Fsp3) is 0.909. The number of hydrogen-bond donors (Lipinski definition) is 2. The summed E-state index contributed by atoms with van der Waals surface area (Å²) in [6.45, 7) is 1.96. The van der Waals surface area contributed by atoms with Crippen molar-refractivity contribution in [2.75, 3.05) is 0 Å². The summed E-state index contributed by atoms with van der Waals surface area (Å²) in [6, 6.07) is -0.160. The molecule has 0 amide bonds. The third-order valence-electron chi connectivity index (χ3n) is 4.69. The molecule has 3 aliphatic rings. The summed E-state index contributed by atoms with van der Waals surface area (Å²) in [6.07, 6.45) is 2.77. The summed E-state index contributed by atoms with van der Waals surface area (Å²) in [5, 5.41) is 8.91. The Morgan fingerprint density at radius 2 is 2.06 bits per heavy atom. The van der Waals surface area contributed by atoms with E-state index >= 15 is 0 Å². The quantitative estimate of drug-likeness (QED) is 0.773. The Hall–Kier alpha value is -0.620. The van der Waals surface area contributed by atoms with Crippen molar-refractivity contribution in [3.05, 3.63) is 0 Å². The van der Waals surface area contributed by atoms with Crippen molar-refractivity contribution in [1.29, 1.82) is 0 Å². The molecule has 0 aromatic rings. The van der Waals surface area contributed by atoms with Crippen molar-refractivity contribution in [2.45, 2.75) is 43.9 Å². The van der Waals surface area contributed by atoms with Crippen LogP contribution < -0.4 is 4.72 Å². The third-order valence-corrected chi connectivity index (χ3v) is 6.68. The van der Waals surface area contributed by atoms with E-state index in [0.717, 1.165) is 19.3 Å². The molecule has 3 saturated carbocycles. The lowest BCUT2D eigenvalue weighted by molar-refractivity contribution is -0.143. The van der Waals surface area contributed by atoms with Crippen LogP contribution in [-0.2, 0) is 14.8 Å². The zero-order valence-electron chi connectivity index (χ0n) is 9.72. The molecule has 96 valence electrons. The van der Waals surface area contributed by atoms with Gasteiger partial charge in [-0.05, 0) is 37.0 Å². The molecule has 0 radical (unpaired) electrons. The maximum Gasteiger partial charge on any atom is 0.307 e. The zero-order valence-corrected chi connectivity index (χ0v) is 10.5. The molecule has 4 atom stereocenters. The average molecular weight is 259 g/mol. The number of hydrogen-bond acceptors (Lipinski definition) is 3. The summed E-state index contributed by atoms with van der Waals surface area (Å²) in [7, 11) is -3.20. The average Bonchev–Trinajstić information content (AvgIpc) is 3.06. The van der Waals surface area contributed by atoms with Crippen LogP contribution in [0.2, 0.25) is 0 Å². The van der Waals surface area contributed by atoms with Crippen molar-refractivity contribution in [3.8, 4) is 0 Å². The SMILES string of the molecule is C[C@]12C[C@H]1[C@@H](NS(=O)(=O)C1CC1)C[C@H]2C(=O)O. The monoisotopic (exact) mass is 259 g/mol. The van der Waals surface area contributed by atoms with Gasteiger partial charge in [-0.2, -0.15) is 0 Å². The molecule has 3 fully saturated rings. The first-order valence-corrected chi connectivity index (χ1v) is 7.63. The molecule has 6 heteroatoms. The van der Waals surface area contributed by atoms with Gasteiger partial charge in [0.1, 0.15) is 0 Å². The predicted molar refractivity (Wildman–Crippen MR) is 60.8 cm³/mol. The smallest absolute Gasteiger partial charge is 0.307 e. The van der Waals surface area contributed by atoms with Crippen LogP contribution in [0.1, 0.15) is 32.6 Å². The number of carbonyl (C=O) groups is 1. The van der Waals surface area contributed by atoms with Crippen molar-refractivity contribution in [2.24, 2.45) is 17.3 Å². The first-order chi connectivity index (χ1) is 7.84. The molecule has 0 heterocycles. The molecular formula is C11H17NO4S. The minimum Gasteiger partial charge on any atom is -0.481 e. The maximum atomic E-state index is 11.8. The highest BCUT2D eigenvalue weighted by molar-refractivity contribution is 7.90. The Kier molecular flexibility index (Phi) is 2.18. The molecule has 17 heavy (non-hydrogen) atoms. The molecule has 3 rings (SSSR count). The Morgan fingerprint density at radius 1 is 1.41 bits per heavy atom. The lowest BCUT2D eigenvalue weighted by atomic mass is 9.92. The van der Waals surface area contributed by atoms with E-state index in [1.54, 1.807) is 0 Å². The van der Waals surface area contributed by atoms with Gasteiger partial charge in [0.25, 0.3) is 0 Å². The van der Waals surface area contributed by atoms with Crippen LogP contribution >= 0.6 is 0 Å². The summed E-state index contributed by atoms with van der Waals surface area (Å²) in [5.74, 6) is -0.959. The Labute approximate surface area is 101 Å². The van der Waals surface area contributed by atoms with Crippen LogP contribution in [-0.4, -0.2) is 30.8 Å². The fourth-order valence-corrected chi connectivity index (χ4v) is 4.94. The molecule has 0 aliphatic heterocycles. The highest BCUT2D eigenvalue weighted by Gasteiger charge is 2.66. The number of aliphatic carboxylic acids is 1. The van der Waals surface area contributed by atoms with Crippen molar-refractivity contribution in [3.63, 3.8) is 0 Å². The van der Waals surface area contributed by atoms with E-state index in [9.17, 15) is 13.2 Å². The molecule has 5 nitrogen and oxygen atoms in total. The first kappa shape index (κ1) is 11.5. The summed E-state index contributed by atoms with van der Waals surface area (Å²) in [4.78, 5) is 11.1. The topological polar surface area (TPSA) is 83.5 Å². The third kappa shape index (κ3) is 1.69. The van der Waals surface area contributed by atoms with E-state index in [-0.39, 0.29) is 28.5 Å². The number of fused-ring (bicyclic) bond motifs is 1. The fourth-order valence-electron chi connectivity index (χ4n) is 3.30. The molecule has 0 saturated heterocycles. The normalized spacial score (nSPS) is 44.4. The Balaban J connectivity index is 1.73. The predicted octanol–water partition coefficient (Wildman–Crippen LogP) is 0.567. The van der Waals surface area contributed by atoms with Crippen LogP contribution in [0.25, 0.3) is 0 Å². The van der Waals surface area contributed by atoms with Gasteiger partial charge in [-0.25, -0.2) is 13.1 Å². The molecule has 0 unspecified atom stereocenters. The van der Waals surface area contributed by atoms with Crippen molar-refractivity contribution in [1.82, 2.24) is 4.72 Å². The van der Waals surface area contributed by atoms with Gasteiger partial charge in [-0.3, -0.25) is 4.79 Å². The lowest BCUT2D eigenvalue weighted by Crippen LogP contribution is -2.38. The summed E-state index contributed by atoms with van der Waals surface area (Å²) >= 11 is 0. The second-order valence-electron chi connectivity index (χ2n) is 5.91. The first-order valence-electron chi connectivity index (χ1n) is 6.08. The minimum absolute atomic E-state index is 0.160. The van der Waals surface area contributed by atoms with Gasteiger partial charge in [0.2, 0.25) is 10.0 Å². The Morgan fingerprint density at radius 3 is 2.53 bits per heavy atom. The van der Waals surface area contributed by atoms with Gasteiger partial charge in [-0.15, -0.1) is 0 Å². The van der Waals surface area contributed by atoms with Gasteiger partial charge in [0.05, 0.1) is 11.2 Å². The van der Waals surface area contributed by atoms with Gasteiger partial charge in [-0.1, -0.05) is 6.92 Å². The van der Waals surface area contributed by atoms with Gasteiger partial charge < -0.3 is 5.11 Å². The second kappa shape index (κ2) is 3.23. The van der Waals surface area contributed by atoms with E-state index in [1.807, 2.05) is 6.92 Å². The molecule has 0 aromatic carbocycles. The molecule has 0 aromatic heterocycles. The number of sulfonamides is 1. The van der Waals surface area contributed by atoms with E-state index in [0.29, 0.717) is 6.42 Å². The second-order valence-corrected chi connectivity index (χ2v) is 7.90. The lowest BCUT2D eigenvalue weighted by Gasteiger charge is -2.16. The van der Waals surface area contributed by atoms with Crippen molar-refractivity contribution < 1.29 is 18.3 Å². The summed E-state index contributed by atoms with van der Waals surface area (Å²) < 4.78 is 26.4. The maximum absolute atomic E-state index is 11.8. The van der Waals surface area contributed by atoms with Crippen molar-refractivity contribution >= 4 is 16.0 Å². The van der Waals surface area contributed by atoms with Gasteiger partial charge >= 0.3 is 5.97 Å². The van der Waals surface area contributed by atoms with E-state index in [4.69, 9.17) is 5.11 Å². The van der Waals surface area contributed by atoms with Crippen LogP contribution in [0, 0.1) is 17.3 Å². The van der Waals surface area contributed by atoms with Crippen LogP contribution in [0.3, 0.4) is 0 Å². The standard InChI is InChI=1S/C11H17NO4S/c1-11-5-8(11)9(4-7(11)10(13)14)12-17(15,16)6-2-3-6/h6-9,12H,2-5H2,1H3,(H,13,14)/t7-,8-,9-,11+/m0/s1. The van der Waals surface area contributed by atoms with Gasteiger partial charge in [0, 0.05) is 6.04 Å². The molecule has 2 N–H and O–H groups in total. The number of nitrogens with one attached hydrogen (secondary N) is 1. The summed E-state index contributed by atoms with van der Waals surface area (Å²) in [5.41, 5.74) is -0.178. The van der Waals surface area contributed by atoms with Crippen LogP contribution in [0.5, 0.6) is 0 Å². The Bertz CT molecular complexity index is 470. The van der Waals surface area contributed by atoms with E-state index in [1.165, 1.54) is 0 Å². The number of carboxylic acid groups (broad SMARTS) is 1. The zero-order chi connectivity index (χ0) is 12.4. The largest absolute Gasteiger partial charge is 0.481 e. The highest BCUT2D eigenvalue weighted by Crippen LogP contribution is 2.66. The van der Waals surface area contributed by atoms with Crippen LogP contribution in [0.4, 0.5) is 0 Å². The van der Waals surface area contributed by atoms with E-state index < -0.39 is 16.0 Å². The van der Waals surface area contributed by atoms with Crippen LogP contribution in [0.15, 0.2) is 0 Å². The molecule has 3 aliphatic carbocycles. The highest BCUT2D eigenvalue weighted by atomic mass is 32.2.